The number of benzene rings is 3. The minimum Gasteiger partial charge on any atom is -0.497 e. The van der Waals surface area contributed by atoms with Crippen molar-refractivity contribution in [2.24, 2.45) is 0 Å². The maximum absolute atomic E-state index is 13.4. The van der Waals surface area contributed by atoms with E-state index in [1.807, 2.05) is 42.5 Å². The first-order valence-corrected chi connectivity index (χ1v) is 10.9. The Balaban J connectivity index is 2.11. The fraction of sp³-hybridized carbons (Fsp3) is 0.250. The molecule has 3 heteroatoms. The number of allylic oxidation sites excluding steroid dienone is 1. The zero-order valence-corrected chi connectivity index (χ0v) is 18.7. The molecule has 3 nitrogen and oxygen atoms in total. The molecule has 0 bridgehead atoms. The first-order chi connectivity index (χ1) is 15.1. The van der Waals surface area contributed by atoms with Crippen molar-refractivity contribution in [3.8, 4) is 5.75 Å². The normalized spacial score (nSPS) is 11.6. The summed E-state index contributed by atoms with van der Waals surface area (Å²) < 4.78 is 5.32. The SMILES string of the molecule is CCCCC(=O)/C(=C(/NCc1ccccc1)c1ccc(C)cc1)c1ccc(OC)cc1. The molecule has 0 aliphatic heterocycles. The molecule has 0 heterocycles. The number of aryl methyl sites for hydroxylation is 1. The van der Waals surface area contributed by atoms with E-state index in [2.05, 4.69) is 55.6 Å². The second-order valence-electron chi connectivity index (χ2n) is 7.71. The lowest BCUT2D eigenvalue weighted by Crippen LogP contribution is -2.17. The minimum absolute atomic E-state index is 0.156. The highest BCUT2D eigenvalue weighted by Crippen LogP contribution is 2.29. The Morgan fingerprint density at radius 2 is 1.52 bits per heavy atom. The van der Waals surface area contributed by atoms with Crippen molar-refractivity contribution in [1.29, 1.82) is 0 Å². The molecule has 0 aliphatic rings. The van der Waals surface area contributed by atoms with Gasteiger partial charge in [0.15, 0.2) is 5.78 Å². The van der Waals surface area contributed by atoms with Gasteiger partial charge in [0.2, 0.25) is 0 Å². The predicted octanol–water partition coefficient (Wildman–Crippen LogP) is 6.42. The van der Waals surface area contributed by atoms with Crippen LogP contribution in [0.25, 0.3) is 11.3 Å². The third kappa shape index (κ3) is 6.08. The molecule has 160 valence electrons. The molecule has 3 rings (SSSR count). The molecule has 3 aromatic rings. The maximum Gasteiger partial charge on any atom is 0.165 e. The fourth-order valence-corrected chi connectivity index (χ4v) is 3.51. The number of carbonyl (C=O) groups excluding carboxylic acids is 1. The number of Topliss-reactive ketones (excluding diaryl/α,β-unsaturated/α-hetero) is 1. The summed E-state index contributed by atoms with van der Waals surface area (Å²) in [6.45, 7) is 4.82. The van der Waals surface area contributed by atoms with Gasteiger partial charge in [0, 0.05) is 18.5 Å². The van der Waals surface area contributed by atoms with E-state index in [1.54, 1.807) is 7.11 Å². The van der Waals surface area contributed by atoms with E-state index in [1.165, 1.54) is 11.1 Å². The number of nitrogens with one attached hydrogen (secondary N) is 1. The molecule has 0 unspecified atom stereocenters. The Morgan fingerprint density at radius 1 is 0.871 bits per heavy atom. The van der Waals surface area contributed by atoms with E-state index in [9.17, 15) is 4.79 Å². The Morgan fingerprint density at radius 3 is 2.13 bits per heavy atom. The highest BCUT2D eigenvalue weighted by Gasteiger charge is 2.19. The van der Waals surface area contributed by atoms with Crippen molar-refractivity contribution in [2.75, 3.05) is 7.11 Å². The van der Waals surface area contributed by atoms with Crippen molar-refractivity contribution >= 4 is 17.1 Å². The first kappa shape index (κ1) is 22.4. The van der Waals surface area contributed by atoms with Crippen LogP contribution in [-0.2, 0) is 11.3 Å². The molecule has 0 atom stereocenters. The van der Waals surface area contributed by atoms with Crippen molar-refractivity contribution in [3.05, 3.63) is 101 Å². The lowest BCUT2D eigenvalue weighted by Gasteiger charge is -2.18. The number of carbonyl (C=O) groups is 1. The summed E-state index contributed by atoms with van der Waals surface area (Å²) in [6, 6.07) is 26.3. The summed E-state index contributed by atoms with van der Waals surface area (Å²) in [5, 5.41) is 3.58. The van der Waals surface area contributed by atoms with Crippen LogP contribution in [0.5, 0.6) is 5.75 Å². The number of rotatable bonds is 10. The van der Waals surface area contributed by atoms with Crippen LogP contribution in [0.1, 0.15) is 48.4 Å². The standard InChI is InChI=1S/C28H31NO2/c1-4-5-11-26(30)27(23-16-18-25(31-3)19-17-23)28(24-14-12-21(2)13-15-24)29-20-22-9-7-6-8-10-22/h6-10,12-19,29H,4-5,11,20H2,1-3H3/b28-27+. The maximum atomic E-state index is 13.4. The molecular formula is C28H31NO2. The zero-order chi connectivity index (χ0) is 22.1. The van der Waals surface area contributed by atoms with E-state index in [0.717, 1.165) is 41.0 Å². The van der Waals surface area contributed by atoms with Gasteiger partial charge in [0.25, 0.3) is 0 Å². The minimum atomic E-state index is 0.156. The predicted molar refractivity (Wildman–Crippen MR) is 129 cm³/mol. The average molecular weight is 414 g/mol. The van der Waals surface area contributed by atoms with Gasteiger partial charge in [-0.3, -0.25) is 4.79 Å². The second-order valence-corrected chi connectivity index (χ2v) is 7.71. The molecule has 1 N–H and O–H groups in total. The molecule has 31 heavy (non-hydrogen) atoms. The van der Waals surface area contributed by atoms with Gasteiger partial charge in [-0.15, -0.1) is 0 Å². The smallest absolute Gasteiger partial charge is 0.165 e. The van der Waals surface area contributed by atoms with Crippen molar-refractivity contribution in [1.82, 2.24) is 5.32 Å². The van der Waals surface area contributed by atoms with E-state index in [0.29, 0.717) is 13.0 Å². The Hall–Kier alpha value is -3.33. The van der Waals surface area contributed by atoms with Crippen LogP contribution in [0.4, 0.5) is 0 Å². The third-order valence-corrected chi connectivity index (χ3v) is 5.32. The van der Waals surface area contributed by atoms with Gasteiger partial charge in [-0.1, -0.05) is 85.6 Å². The van der Waals surface area contributed by atoms with Gasteiger partial charge >= 0.3 is 0 Å². The van der Waals surface area contributed by atoms with Crippen molar-refractivity contribution < 1.29 is 9.53 Å². The number of hydrogen-bond donors (Lipinski definition) is 1. The number of methoxy groups -OCH3 is 1. The average Bonchev–Trinajstić information content (AvgIpc) is 2.81. The molecule has 0 saturated heterocycles. The summed E-state index contributed by atoms with van der Waals surface area (Å²) >= 11 is 0. The molecule has 0 aliphatic carbocycles. The van der Waals surface area contributed by atoms with E-state index >= 15 is 0 Å². The Bertz CT molecular complexity index is 1000. The van der Waals surface area contributed by atoms with Crippen LogP contribution in [0.2, 0.25) is 0 Å². The first-order valence-electron chi connectivity index (χ1n) is 10.9. The summed E-state index contributed by atoms with van der Waals surface area (Å²) in [4.78, 5) is 13.4. The quantitative estimate of drug-likeness (QED) is 0.308. The van der Waals surface area contributed by atoms with Crippen LogP contribution in [-0.4, -0.2) is 12.9 Å². The highest BCUT2D eigenvalue weighted by atomic mass is 16.5. The molecule has 0 fully saturated rings. The largest absolute Gasteiger partial charge is 0.497 e. The molecular weight excluding hydrogens is 382 g/mol. The van der Waals surface area contributed by atoms with Crippen LogP contribution >= 0.6 is 0 Å². The van der Waals surface area contributed by atoms with Gasteiger partial charge in [-0.2, -0.15) is 0 Å². The topological polar surface area (TPSA) is 38.3 Å². The zero-order valence-electron chi connectivity index (χ0n) is 18.7. The van der Waals surface area contributed by atoms with Crippen LogP contribution < -0.4 is 10.1 Å². The number of unbranched alkanes of at least 4 members (excludes halogenated alkanes) is 1. The lowest BCUT2D eigenvalue weighted by atomic mass is 9.93. The molecule has 0 aromatic heterocycles. The Kier molecular flexibility index (Phi) is 8.05. The van der Waals surface area contributed by atoms with Gasteiger partial charge in [0.05, 0.1) is 12.8 Å². The summed E-state index contributed by atoms with van der Waals surface area (Å²) in [6.07, 6.45) is 2.39. The third-order valence-electron chi connectivity index (χ3n) is 5.32. The molecule has 0 amide bonds. The van der Waals surface area contributed by atoms with Crippen molar-refractivity contribution in [2.45, 2.75) is 39.7 Å². The van der Waals surface area contributed by atoms with Crippen LogP contribution in [0.3, 0.4) is 0 Å². The van der Waals surface area contributed by atoms with E-state index in [4.69, 9.17) is 4.74 Å². The monoisotopic (exact) mass is 413 g/mol. The fourth-order valence-electron chi connectivity index (χ4n) is 3.51. The van der Waals surface area contributed by atoms with Crippen molar-refractivity contribution in [3.63, 3.8) is 0 Å². The van der Waals surface area contributed by atoms with Crippen LogP contribution in [0.15, 0.2) is 78.9 Å². The highest BCUT2D eigenvalue weighted by molar-refractivity contribution is 6.27. The van der Waals surface area contributed by atoms with E-state index in [-0.39, 0.29) is 5.78 Å². The number of ketones is 1. The lowest BCUT2D eigenvalue weighted by molar-refractivity contribution is -0.113. The molecule has 0 saturated carbocycles. The summed E-state index contributed by atoms with van der Waals surface area (Å²) in [7, 11) is 1.65. The molecule has 0 radical (unpaired) electrons. The van der Waals surface area contributed by atoms with E-state index < -0.39 is 0 Å². The van der Waals surface area contributed by atoms with Gasteiger partial charge in [0.1, 0.15) is 5.75 Å². The van der Waals surface area contributed by atoms with Gasteiger partial charge in [-0.25, -0.2) is 0 Å². The number of hydrogen-bond acceptors (Lipinski definition) is 3. The number of ether oxygens (including phenoxy) is 1. The Labute approximate surface area is 185 Å². The second kappa shape index (κ2) is 11.2. The van der Waals surface area contributed by atoms with Crippen LogP contribution in [0, 0.1) is 6.92 Å². The molecule has 3 aromatic carbocycles. The van der Waals surface area contributed by atoms with Gasteiger partial charge < -0.3 is 10.1 Å². The summed E-state index contributed by atoms with van der Waals surface area (Å²) in [5.41, 5.74) is 5.87. The molecule has 0 spiro atoms. The van der Waals surface area contributed by atoms with Gasteiger partial charge in [-0.05, 0) is 42.2 Å². The summed E-state index contributed by atoms with van der Waals surface area (Å²) in [5.74, 6) is 0.932.